The molecular formula is C13H14N4O3. The molecule has 1 aromatic carbocycles. The van der Waals surface area contributed by atoms with Gasteiger partial charge in [-0.05, 0) is 19.1 Å². The summed E-state index contributed by atoms with van der Waals surface area (Å²) in [5, 5.41) is 8.00. The Labute approximate surface area is 114 Å². The van der Waals surface area contributed by atoms with Crippen molar-refractivity contribution in [2.45, 2.75) is 6.92 Å². The maximum absolute atomic E-state index is 12.0. The van der Waals surface area contributed by atoms with Crippen LogP contribution in [0.15, 0.2) is 43.7 Å². The molecule has 2 aromatic rings. The third-order valence-electron chi connectivity index (χ3n) is 2.65. The molecular weight excluding hydrogens is 260 g/mol. The second-order valence-electron chi connectivity index (χ2n) is 4.04. The molecule has 104 valence electrons. The maximum Gasteiger partial charge on any atom is 0.345 e. The predicted octanol–water partition coefficient (Wildman–Crippen LogP) is 0.799. The van der Waals surface area contributed by atoms with Crippen molar-refractivity contribution in [3.63, 3.8) is 0 Å². The number of methoxy groups -OCH3 is 1. The van der Waals surface area contributed by atoms with Gasteiger partial charge < -0.3 is 20.6 Å². The standard InChI is InChI=1S/C13H14N4O3/c1-7(16-17-13(14)15)9-6-8-4-3-5-10(19-2)11(8)20-12(9)18/h3-6H,1-2H3,(H4,14,15,17). The summed E-state index contributed by atoms with van der Waals surface area (Å²) in [6.45, 7) is 1.62. The summed E-state index contributed by atoms with van der Waals surface area (Å²) in [6.07, 6.45) is 0. The van der Waals surface area contributed by atoms with Crippen molar-refractivity contribution >= 4 is 22.6 Å². The minimum absolute atomic E-state index is 0.184. The van der Waals surface area contributed by atoms with Crippen molar-refractivity contribution in [1.29, 1.82) is 0 Å². The van der Waals surface area contributed by atoms with E-state index in [4.69, 9.17) is 20.6 Å². The topological polar surface area (TPSA) is 116 Å². The van der Waals surface area contributed by atoms with Crippen LogP contribution in [-0.4, -0.2) is 18.8 Å². The highest BCUT2D eigenvalue weighted by atomic mass is 16.5. The highest BCUT2D eigenvalue weighted by molar-refractivity contribution is 6.01. The lowest BCUT2D eigenvalue weighted by Gasteiger charge is -2.05. The first-order chi connectivity index (χ1) is 9.52. The van der Waals surface area contributed by atoms with Crippen molar-refractivity contribution in [1.82, 2.24) is 0 Å². The SMILES string of the molecule is COc1cccc2cc(C(C)=NN=C(N)N)c(=O)oc12. The Morgan fingerprint density at radius 1 is 1.30 bits per heavy atom. The summed E-state index contributed by atoms with van der Waals surface area (Å²) in [4.78, 5) is 12.0. The highest BCUT2D eigenvalue weighted by Crippen LogP contribution is 2.24. The fraction of sp³-hybridized carbons (Fsp3) is 0.154. The van der Waals surface area contributed by atoms with Gasteiger partial charge in [0.1, 0.15) is 0 Å². The molecule has 0 saturated heterocycles. The Morgan fingerprint density at radius 2 is 2.05 bits per heavy atom. The predicted molar refractivity (Wildman–Crippen MR) is 77.1 cm³/mol. The van der Waals surface area contributed by atoms with Gasteiger partial charge in [-0.3, -0.25) is 0 Å². The zero-order valence-corrected chi connectivity index (χ0v) is 11.1. The van der Waals surface area contributed by atoms with Gasteiger partial charge in [-0.2, -0.15) is 5.10 Å². The average Bonchev–Trinajstić information content (AvgIpc) is 2.43. The van der Waals surface area contributed by atoms with Crippen LogP contribution in [0.5, 0.6) is 5.75 Å². The fourth-order valence-electron chi connectivity index (χ4n) is 1.72. The minimum Gasteiger partial charge on any atom is -0.493 e. The van der Waals surface area contributed by atoms with Crippen molar-refractivity contribution in [2.75, 3.05) is 7.11 Å². The number of hydrogen-bond donors (Lipinski definition) is 2. The Hall–Kier alpha value is -2.83. The van der Waals surface area contributed by atoms with Gasteiger partial charge in [-0.25, -0.2) is 4.79 Å². The van der Waals surface area contributed by atoms with Crippen LogP contribution in [0.4, 0.5) is 0 Å². The molecule has 1 heterocycles. The molecule has 1 aromatic heterocycles. The molecule has 0 aliphatic rings. The second-order valence-corrected chi connectivity index (χ2v) is 4.04. The largest absolute Gasteiger partial charge is 0.493 e. The third-order valence-corrected chi connectivity index (χ3v) is 2.65. The molecule has 2 rings (SSSR count). The normalized spacial score (nSPS) is 11.4. The Bertz CT molecular complexity index is 758. The van der Waals surface area contributed by atoms with E-state index in [1.54, 1.807) is 31.2 Å². The Morgan fingerprint density at radius 3 is 2.70 bits per heavy atom. The lowest BCUT2D eigenvalue weighted by atomic mass is 10.1. The summed E-state index contributed by atoms with van der Waals surface area (Å²) in [5.41, 5.74) is 10.9. The zero-order valence-electron chi connectivity index (χ0n) is 11.1. The van der Waals surface area contributed by atoms with Gasteiger partial charge in [0.05, 0.1) is 18.4 Å². The van der Waals surface area contributed by atoms with E-state index in [-0.39, 0.29) is 11.5 Å². The van der Waals surface area contributed by atoms with Crippen LogP contribution < -0.4 is 21.8 Å². The van der Waals surface area contributed by atoms with Crippen molar-refractivity contribution in [3.05, 3.63) is 40.2 Å². The lowest BCUT2D eigenvalue weighted by Crippen LogP contribution is -2.22. The van der Waals surface area contributed by atoms with Crippen LogP contribution in [0.3, 0.4) is 0 Å². The molecule has 0 amide bonds. The van der Waals surface area contributed by atoms with Gasteiger partial charge in [-0.1, -0.05) is 12.1 Å². The molecule has 0 atom stereocenters. The first-order valence-corrected chi connectivity index (χ1v) is 5.77. The van der Waals surface area contributed by atoms with Crippen molar-refractivity contribution in [3.8, 4) is 5.75 Å². The van der Waals surface area contributed by atoms with E-state index >= 15 is 0 Å². The number of nitrogens with zero attached hydrogens (tertiary/aromatic N) is 2. The number of guanidine groups is 1. The first kappa shape index (κ1) is 13.6. The van der Waals surface area contributed by atoms with Gasteiger partial charge in [0.25, 0.3) is 0 Å². The first-order valence-electron chi connectivity index (χ1n) is 5.77. The number of para-hydroxylation sites is 1. The van der Waals surface area contributed by atoms with Crippen LogP contribution in [0.1, 0.15) is 12.5 Å². The van der Waals surface area contributed by atoms with Crippen LogP contribution in [0.25, 0.3) is 11.0 Å². The quantitative estimate of drug-likeness (QED) is 0.371. The maximum atomic E-state index is 12.0. The van der Waals surface area contributed by atoms with E-state index in [0.29, 0.717) is 17.0 Å². The monoisotopic (exact) mass is 274 g/mol. The molecule has 0 spiro atoms. The number of rotatable bonds is 3. The molecule has 7 heteroatoms. The number of ether oxygens (including phenoxy) is 1. The summed E-state index contributed by atoms with van der Waals surface area (Å²) in [7, 11) is 1.51. The molecule has 0 aliphatic heterocycles. The van der Waals surface area contributed by atoms with E-state index in [1.807, 2.05) is 0 Å². The van der Waals surface area contributed by atoms with Gasteiger partial charge in [0.2, 0.25) is 5.96 Å². The summed E-state index contributed by atoms with van der Waals surface area (Å²) >= 11 is 0. The average molecular weight is 274 g/mol. The fourth-order valence-corrected chi connectivity index (χ4v) is 1.72. The third kappa shape index (κ3) is 2.61. The molecule has 0 radical (unpaired) electrons. The summed E-state index contributed by atoms with van der Waals surface area (Å²) in [5.74, 6) is 0.307. The Balaban J connectivity index is 2.63. The second kappa shape index (κ2) is 5.43. The number of hydrogen-bond acceptors (Lipinski definition) is 5. The van der Waals surface area contributed by atoms with Gasteiger partial charge >= 0.3 is 5.63 Å². The molecule has 0 aliphatic carbocycles. The molecule has 20 heavy (non-hydrogen) atoms. The smallest absolute Gasteiger partial charge is 0.345 e. The summed E-state index contributed by atoms with van der Waals surface area (Å²) in [6, 6.07) is 6.97. The van der Waals surface area contributed by atoms with Crippen LogP contribution >= 0.6 is 0 Å². The van der Waals surface area contributed by atoms with E-state index in [0.717, 1.165) is 5.39 Å². The van der Waals surface area contributed by atoms with Gasteiger partial charge in [0, 0.05) is 5.39 Å². The highest BCUT2D eigenvalue weighted by Gasteiger charge is 2.11. The number of fused-ring (bicyclic) bond motifs is 1. The molecule has 0 fully saturated rings. The van der Waals surface area contributed by atoms with Crippen molar-refractivity contribution in [2.24, 2.45) is 21.7 Å². The number of benzene rings is 1. The zero-order chi connectivity index (χ0) is 14.7. The summed E-state index contributed by atoms with van der Waals surface area (Å²) < 4.78 is 10.4. The molecule has 4 N–H and O–H groups in total. The molecule has 0 saturated carbocycles. The van der Waals surface area contributed by atoms with E-state index in [1.165, 1.54) is 7.11 Å². The molecule has 0 unspecified atom stereocenters. The van der Waals surface area contributed by atoms with Crippen molar-refractivity contribution < 1.29 is 9.15 Å². The lowest BCUT2D eigenvalue weighted by molar-refractivity contribution is 0.406. The van der Waals surface area contributed by atoms with Crippen LogP contribution in [0.2, 0.25) is 0 Å². The van der Waals surface area contributed by atoms with Crippen LogP contribution in [-0.2, 0) is 0 Å². The van der Waals surface area contributed by atoms with Gasteiger partial charge in [-0.15, -0.1) is 5.10 Å². The molecule has 7 nitrogen and oxygen atoms in total. The van der Waals surface area contributed by atoms with E-state index < -0.39 is 5.63 Å². The number of nitrogens with two attached hydrogens (primary N) is 2. The van der Waals surface area contributed by atoms with E-state index in [9.17, 15) is 4.79 Å². The minimum atomic E-state index is -0.533. The Kier molecular flexibility index (Phi) is 3.69. The van der Waals surface area contributed by atoms with Crippen LogP contribution in [0, 0.1) is 0 Å². The van der Waals surface area contributed by atoms with Gasteiger partial charge in [0.15, 0.2) is 11.3 Å². The molecule has 0 bridgehead atoms. The van der Waals surface area contributed by atoms with E-state index in [2.05, 4.69) is 10.2 Å².